The molecule has 8 nitrogen and oxygen atoms in total. The predicted molar refractivity (Wildman–Crippen MR) is 107 cm³/mol. The number of fused-ring (bicyclic) bond motifs is 5. The lowest BCUT2D eigenvalue weighted by molar-refractivity contribution is -0.138. The number of nitriles is 1. The summed E-state index contributed by atoms with van der Waals surface area (Å²) >= 11 is 0. The first kappa shape index (κ1) is 20.9. The molecule has 0 saturated carbocycles. The molecule has 5 rings (SSSR count). The van der Waals surface area contributed by atoms with E-state index in [1.165, 1.54) is 34.2 Å². The number of benzene rings is 1. The molecular formula is C22H16F3N5O3. The van der Waals surface area contributed by atoms with Crippen LogP contribution in [-0.4, -0.2) is 57.3 Å². The number of rotatable bonds is 2. The van der Waals surface area contributed by atoms with Crippen molar-refractivity contribution in [2.75, 3.05) is 11.4 Å². The molecule has 0 aliphatic carbocycles. The zero-order valence-electron chi connectivity index (χ0n) is 17.2. The summed E-state index contributed by atoms with van der Waals surface area (Å²) < 4.78 is 40.3. The lowest BCUT2D eigenvalue weighted by atomic mass is 10.0. The van der Waals surface area contributed by atoms with Gasteiger partial charge in [0.2, 0.25) is 0 Å². The van der Waals surface area contributed by atoms with E-state index in [2.05, 4.69) is 4.98 Å². The Morgan fingerprint density at radius 2 is 1.97 bits per heavy atom. The third-order valence-corrected chi connectivity index (χ3v) is 6.42. The molecule has 0 spiro atoms. The molecule has 3 aliphatic rings. The fourth-order valence-electron chi connectivity index (χ4n) is 5.00. The number of hydrogen-bond acceptors (Lipinski definition) is 5. The lowest BCUT2D eigenvalue weighted by Crippen LogP contribution is -2.55. The van der Waals surface area contributed by atoms with Crippen LogP contribution >= 0.6 is 0 Å². The normalized spacial score (nSPS) is 23.8. The van der Waals surface area contributed by atoms with Gasteiger partial charge >= 0.3 is 12.2 Å². The quantitative estimate of drug-likeness (QED) is 0.649. The van der Waals surface area contributed by atoms with Crippen molar-refractivity contribution in [2.24, 2.45) is 0 Å². The topological polar surface area (TPSA) is 97.6 Å². The van der Waals surface area contributed by atoms with Crippen LogP contribution in [0.25, 0.3) is 0 Å². The highest BCUT2D eigenvalue weighted by molar-refractivity contribution is 6.22. The molecule has 3 unspecified atom stereocenters. The molecular weight excluding hydrogens is 439 g/mol. The largest absolute Gasteiger partial charge is 0.417 e. The SMILES string of the molecule is Cc1cc(N2C(=O)C3C4CC(CN4C(=O)c4ccccc4C(F)(F)F)N3C2=O)cnc1C#N. The minimum atomic E-state index is -4.70. The van der Waals surface area contributed by atoms with Crippen LogP contribution in [-0.2, 0) is 11.0 Å². The average Bonchev–Trinajstić information content (AvgIpc) is 3.44. The number of amides is 4. The number of hydrogen-bond donors (Lipinski definition) is 0. The zero-order valence-corrected chi connectivity index (χ0v) is 17.2. The van der Waals surface area contributed by atoms with E-state index in [0.29, 0.717) is 12.0 Å². The highest BCUT2D eigenvalue weighted by Crippen LogP contribution is 2.43. The number of aromatic nitrogens is 1. The van der Waals surface area contributed by atoms with Gasteiger partial charge < -0.3 is 9.80 Å². The molecule has 0 radical (unpaired) electrons. The summed E-state index contributed by atoms with van der Waals surface area (Å²) in [5, 5.41) is 9.06. The molecule has 168 valence electrons. The van der Waals surface area contributed by atoms with Crippen molar-refractivity contribution in [1.29, 1.82) is 5.26 Å². The van der Waals surface area contributed by atoms with Crippen LogP contribution in [0.4, 0.5) is 23.7 Å². The van der Waals surface area contributed by atoms with Crippen LogP contribution in [0.2, 0.25) is 0 Å². The Hall–Kier alpha value is -3.94. The maximum absolute atomic E-state index is 13.4. The molecule has 4 heterocycles. The zero-order chi connectivity index (χ0) is 23.7. The van der Waals surface area contributed by atoms with Crippen molar-refractivity contribution in [3.63, 3.8) is 0 Å². The maximum Gasteiger partial charge on any atom is 0.417 e. The van der Waals surface area contributed by atoms with Gasteiger partial charge in [0, 0.05) is 6.54 Å². The Balaban J connectivity index is 1.46. The van der Waals surface area contributed by atoms with Crippen LogP contribution in [0.15, 0.2) is 36.5 Å². The Bertz CT molecular complexity index is 1250. The van der Waals surface area contributed by atoms with Crippen LogP contribution in [0.1, 0.15) is 33.6 Å². The van der Waals surface area contributed by atoms with Gasteiger partial charge in [0.15, 0.2) is 0 Å². The number of anilines is 1. The summed E-state index contributed by atoms with van der Waals surface area (Å²) in [4.78, 5) is 47.0. The highest BCUT2D eigenvalue weighted by Gasteiger charge is 2.63. The van der Waals surface area contributed by atoms with E-state index < -0.39 is 53.3 Å². The molecule has 3 atom stereocenters. The number of carbonyl (C=O) groups is 3. The van der Waals surface area contributed by atoms with Crippen molar-refractivity contribution in [1.82, 2.24) is 14.8 Å². The standard InChI is InChI=1S/C22H16F3N5O3/c1-11-6-12(9-27-16(11)8-26)30-20(32)18-17-7-13(29(18)21(30)33)10-28(17)19(31)14-4-2-3-5-15(14)22(23,24)25/h2-6,9,13,17-18H,7,10H2,1H3. The van der Waals surface area contributed by atoms with Crippen molar-refractivity contribution in [3.05, 3.63) is 58.9 Å². The fraction of sp³-hybridized carbons (Fsp3) is 0.318. The first-order valence-electron chi connectivity index (χ1n) is 10.1. The van der Waals surface area contributed by atoms with Crippen LogP contribution < -0.4 is 4.90 Å². The summed E-state index contributed by atoms with van der Waals surface area (Å²) in [5.41, 5.74) is -0.658. The molecule has 3 fully saturated rings. The van der Waals surface area contributed by atoms with Crippen LogP contribution in [0.3, 0.4) is 0 Å². The number of halogens is 3. The van der Waals surface area contributed by atoms with Gasteiger partial charge in [0.05, 0.1) is 35.1 Å². The summed E-state index contributed by atoms with van der Waals surface area (Å²) in [6.45, 7) is 1.67. The van der Waals surface area contributed by atoms with Crippen molar-refractivity contribution in [3.8, 4) is 6.07 Å². The predicted octanol–water partition coefficient (Wildman–Crippen LogP) is 2.71. The lowest BCUT2D eigenvalue weighted by Gasteiger charge is -2.35. The van der Waals surface area contributed by atoms with Crippen molar-refractivity contribution < 1.29 is 27.6 Å². The van der Waals surface area contributed by atoms with E-state index in [1.807, 2.05) is 6.07 Å². The van der Waals surface area contributed by atoms with E-state index in [1.54, 1.807) is 6.92 Å². The maximum atomic E-state index is 13.4. The molecule has 3 aliphatic heterocycles. The number of nitrogens with zero attached hydrogens (tertiary/aromatic N) is 5. The number of alkyl halides is 3. The number of likely N-dealkylation sites (tertiary alicyclic amines) is 1. The third-order valence-electron chi connectivity index (χ3n) is 6.42. The monoisotopic (exact) mass is 455 g/mol. The van der Waals surface area contributed by atoms with Gasteiger partial charge in [0.1, 0.15) is 17.8 Å². The molecule has 2 aromatic rings. The average molecular weight is 455 g/mol. The van der Waals surface area contributed by atoms with E-state index in [9.17, 15) is 27.6 Å². The smallest absolute Gasteiger partial charge is 0.331 e. The van der Waals surface area contributed by atoms with Gasteiger partial charge in [0.25, 0.3) is 11.8 Å². The van der Waals surface area contributed by atoms with Gasteiger partial charge in [-0.2, -0.15) is 18.4 Å². The Morgan fingerprint density at radius 3 is 2.64 bits per heavy atom. The molecule has 1 aromatic heterocycles. The highest BCUT2D eigenvalue weighted by atomic mass is 19.4. The second-order valence-corrected chi connectivity index (χ2v) is 8.24. The van der Waals surface area contributed by atoms with Crippen molar-refractivity contribution in [2.45, 2.75) is 37.6 Å². The van der Waals surface area contributed by atoms with E-state index in [-0.39, 0.29) is 17.9 Å². The van der Waals surface area contributed by atoms with Crippen LogP contribution in [0, 0.1) is 18.3 Å². The van der Waals surface area contributed by atoms with Gasteiger partial charge in [-0.05, 0) is 37.1 Å². The second kappa shape index (κ2) is 7.03. The first-order chi connectivity index (χ1) is 15.6. The molecule has 11 heteroatoms. The van der Waals surface area contributed by atoms with Crippen molar-refractivity contribution >= 4 is 23.5 Å². The third kappa shape index (κ3) is 2.97. The Kier molecular flexibility index (Phi) is 4.46. The molecule has 3 saturated heterocycles. The van der Waals surface area contributed by atoms with Gasteiger partial charge in [-0.3, -0.25) is 9.59 Å². The summed E-state index contributed by atoms with van der Waals surface area (Å²) in [5.74, 6) is -1.38. The first-order valence-corrected chi connectivity index (χ1v) is 10.1. The van der Waals surface area contributed by atoms with E-state index >= 15 is 0 Å². The molecule has 1 aromatic carbocycles. The fourth-order valence-corrected chi connectivity index (χ4v) is 5.00. The minimum Gasteiger partial charge on any atom is -0.331 e. The molecule has 2 bridgehead atoms. The molecule has 4 amide bonds. The molecule has 0 N–H and O–H groups in total. The van der Waals surface area contributed by atoms with Gasteiger partial charge in [-0.1, -0.05) is 12.1 Å². The van der Waals surface area contributed by atoms with Gasteiger partial charge in [-0.15, -0.1) is 0 Å². The Labute approximate surface area is 185 Å². The summed E-state index contributed by atoms with van der Waals surface area (Å²) in [6.07, 6.45) is -3.12. The Morgan fingerprint density at radius 1 is 1.24 bits per heavy atom. The molecule has 33 heavy (non-hydrogen) atoms. The van der Waals surface area contributed by atoms with Gasteiger partial charge in [-0.25, -0.2) is 14.7 Å². The summed E-state index contributed by atoms with van der Waals surface area (Å²) in [6, 6.07) is 5.21. The van der Waals surface area contributed by atoms with Crippen LogP contribution in [0.5, 0.6) is 0 Å². The van der Waals surface area contributed by atoms with E-state index in [4.69, 9.17) is 5.26 Å². The minimum absolute atomic E-state index is 0.0453. The number of aryl methyl sites for hydroxylation is 1. The summed E-state index contributed by atoms with van der Waals surface area (Å²) in [7, 11) is 0. The number of pyridine rings is 1. The second-order valence-electron chi connectivity index (χ2n) is 8.24. The number of carbonyl (C=O) groups excluding carboxylic acids is 3. The number of imide groups is 1. The van der Waals surface area contributed by atoms with E-state index in [0.717, 1.165) is 17.0 Å². The number of urea groups is 1. The number of piperazine rings is 1.